The minimum atomic E-state index is -0.149. The second-order valence-corrected chi connectivity index (χ2v) is 5.46. The van der Waals surface area contributed by atoms with Crippen LogP contribution in [0.25, 0.3) is 0 Å². The van der Waals surface area contributed by atoms with Crippen LogP contribution in [0.2, 0.25) is 0 Å². The van der Waals surface area contributed by atoms with Gasteiger partial charge < -0.3 is 10.6 Å². The maximum Gasteiger partial charge on any atom is 0.272 e. The molecular formula is C14H20N6O. The molecule has 3 heterocycles. The van der Waals surface area contributed by atoms with E-state index in [1.165, 1.54) is 0 Å². The highest BCUT2D eigenvalue weighted by molar-refractivity contribution is 5.92. The molecule has 0 unspecified atom stereocenters. The molecule has 3 rings (SSSR count). The number of carbonyl (C=O) groups excluding carboxylic acids is 1. The Morgan fingerprint density at radius 1 is 1.48 bits per heavy atom. The summed E-state index contributed by atoms with van der Waals surface area (Å²) in [6.07, 6.45) is 0. The minimum Gasteiger partial charge on any atom is -0.344 e. The van der Waals surface area contributed by atoms with Crippen molar-refractivity contribution in [3.63, 3.8) is 0 Å². The van der Waals surface area contributed by atoms with E-state index in [0.717, 1.165) is 42.3 Å². The third-order valence-electron chi connectivity index (χ3n) is 3.87. The molecule has 2 aromatic heterocycles. The highest BCUT2D eigenvalue weighted by Crippen LogP contribution is 2.19. The van der Waals surface area contributed by atoms with Gasteiger partial charge in [0.05, 0.1) is 24.0 Å². The van der Waals surface area contributed by atoms with Crippen LogP contribution in [0.3, 0.4) is 0 Å². The molecule has 3 N–H and O–H groups in total. The lowest BCUT2D eigenvalue weighted by atomic mass is 10.1. The van der Waals surface area contributed by atoms with E-state index in [1.54, 1.807) is 0 Å². The van der Waals surface area contributed by atoms with E-state index in [2.05, 4.69) is 25.9 Å². The van der Waals surface area contributed by atoms with Crippen LogP contribution in [0.5, 0.6) is 0 Å². The number of hydrogen-bond donors (Lipinski definition) is 3. The summed E-state index contributed by atoms with van der Waals surface area (Å²) in [5.41, 5.74) is 4.45. The Morgan fingerprint density at radius 2 is 2.29 bits per heavy atom. The molecule has 1 amide bonds. The number of fused-ring (bicyclic) bond motifs is 1. The van der Waals surface area contributed by atoms with Gasteiger partial charge >= 0.3 is 0 Å². The first-order valence-electron chi connectivity index (χ1n) is 7.16. The molecule has 7 nitrogen and oxygen atoms in total. The van der Waals surface area contributed by atoms with Crippen LogP contribution in [-0.2, 0) is 13.1 Å². The van der Waals surface area contributed by atoms with Crippen LogP contribution < -0.4 is 10.6 Å². The van der Waals surface area contributed by atoms with E-state index >= 15 is 0 Å². The Bertz CT molecular complexity index is 628. The maximum absolute atomic E-state index is 12.4. The minimum absolute atomic E-state index is 0.104. The van der Waals surface area contributed by atoms with Gasteiger partial charge in [-0.05, 0) is 26.8 Å². The Morgan fingerprint density at radius 3 is 2.95 bits per heavy atom. The molecule has 1 aliphatic heterocycles. The van der Waals surface area contributed by atoms with E-state index in [9.17, 15) is 4.79 Å². The van der Waals surface area contributed by atoms with Gasteiger partial charge in [-0.3, -0.25) is 14.6 Å². The number of aryl methyl sites for hydroxylation is 2. The highest BCUT2D eigenvalue weighted by Gasteiger charge is 2.20. The number of rotatable bonds is 3. The van der Waals surface area contributed by atoms with Crippen molar-refractivity contribution in [2.24, 2.45) is 0 Å². The molecule has 1 atom stereocenters. The van der Waals surface area contributed by atoms with E-state index in [1.807, 2.05) is 31.5 Å². The largest absolute Gasteiger partial charge is 0.344 e. The monoisotopic (exact) mass is 288 g/mol. The molecule has 7 heteroatoms. The van der Waals surface area contributed by atoms with Gasteiger partial charge in [-0.2, -0.15) is 10.2 Å². The zero-order valence-electron chi connectivity index (χ0n) is 12.5. The quantitative estimate of drug-likeness (QED) is 0.780. The van der Waals surface area contributed by atoms with Crippen LogP contribution in [0.4, 0.5) is 0 Å². The molecule has 2 aromatic rings. The van der Waals surface area contributed by atoms with Crippen molar-refractivity contribution in [1.29, 1.82) is 0 Å². The molecule has 0 spiro atoms. The molecule has 0 radical (unpaired) electrons. The lowest BCUT2D eigenvalue weighted by Crippen LogP contribution is -2.29. The van der Waals surface area contributed by atoms with Gasteiger partial charge in [0.1, 0.15) is 0 Å². The number of H-pyrrole nitrogens is 1. The number of hydrogen-bond acceptors (Lipinski definition) is 4. The standard InChI is InChI=1S/C14H20N6O/c1-8(13-9(2)17-18-10(13)3)16-14(21)12-6-11-7-15-4-5-20(11)19-12/h6,8,15H,4-5,7H2,1-3H3,(H,16,21)(H,17,18)/t8-/m1/s1. The molecule has 0 aliphatic carbocycles. The average molecular weight is 288 g/mol. The van der Waals surface area contributed by atoms with Gasteiger partial charge in [-0.15, -0.1) is 0 Å². The predicted molar refractivity (Wildman–Crippen MR) is 77.9 cm³/mol. The Labute approximate surface area is 123 Å². The predicted octanol–water partition coefficient (Wildman–Crippen LogP) is 0.817. The zero-order valence-corrected chi connectivity index (χ0v) is 12.5. The summed E-state index contributed by atoms with van der Waals surface area (Å²) in [5.74, 6) is -0.149. The van der Waals surface area contributed by atoms with Crippen LogP contribution in [0.1, 0.15) is 46.1 Å². The highest BCUT2D eigenvalue weighted by atomic mass is 16.2. The first kappa shape index (κ1) is 13.8. The van der Waals surface area contributed by atoms with Crippen molar-refractivity contribution in [3.05, 3.63) is 34.4 Å². The van der Waals surface area contributed by atoms with Crippen molar-refractivity contribution in [2.45, 2.75) is 39.9 Å². The smallest absolute Gasteiger partial charge is 0.272 e. The lowest BCUT2D eigenvalue weighted by Gasteiger charge is -2.14. The van der Waals surface area contributed by atoms with Gasteiger partial charge in [0.2, 0.25) is 0 Å². The number of aromatic amines is 1. The van der Waals surface area contributed by atoms with Crippen LogP contribution >= 0.6 is 0 Å². The van der Waals surface area contributed by atoms with Crippen molar-refractivity contribution in [2.75, 3.05) is 6.54 Å². The third-order valence-corrected chi connectivity index (χ3v) is 3.87. The Hall–Kier alpha value is -2.15. The molecule has 21 heavy (non-hydrogen) atoms. The lowest BCUT2D eigenvalue weighted by molar-refractivity contribution is 0.0934. The first-order valence-corrected chi connectivity index (χ1v) is 7.16. The SMILES string of the molecule is Cc1n[nH]c(C)c1[C@@H](C)NC(=O)c1cc2n(n1)CCNC2. The second kappa shape index (κ2) is 5.33. The zero-order chi connectivity index (χ0) is 15.0. The van der Waals surface area contributed by atoms with Gasteiger partial charge in [0, 0.05) is 24.3 Å². The maximum atomic E-state index is 12.4. The summed E-state index contributed by atoms with van der Waals surface area (Å²) in [5, 5.41) is 17.7. The molecule has 112 valence electrons. The van der Waals surface area contributed by atoms with Crippen molar-refractivity contribution >= 4 is 5.91 Å². The Kier molecular flexibility index (Phi) is 3.50. The molecule has 0 saturated carbocycles. The number of carbonyl (C=O) groups is 1. The number of nitrogens with one attached hydrogen (secondary N) is 3. The molecule has 0 saturated heterocycles. The molecule has 1 aliphatic rings. The second-order valence-electron chi connectivity index (χ2n) is 5.46. The number of nitrogens with zero attached hydrogens (tertiary/aromatic N) is 3. The fourth-order valence-electron chi connectivity index (χ4n) is 2.84. The third kappa shape index (κ3) is 2.56. The normalized spacial score (nSPS) is 15.6. The molecular weight excluding hydrogens is 268 g/mol. The number of aromatic nitrogens is 4. The summed E-state index contributed by atoms with van der Waals surface area (Å²) in [4.78, 5) is 12.4. The Balaban J connectivity index is 1.75. The summed E-state index contributed by atoms with van der Waals surface area (Å²) in [7, 11) is 0. The summed E-state index contributed by atoms with van der Waals surface area (Å²) >= 11 is 0. The first-order chi connectivity index (χ1) is 10.1. The van der Waals surface area contributed by atoms with Crippen LogP contribution in [0, 0.1) is 13.8 Å². The number of amides is 1. The summed E-state index contributed by atoms with van der Waals surface area (Å²) in [6.45, 7) is 8.30. The van der Waals surface area contributed by atoms with Gasteiger partial charge in [-0.1, -0.05) is 0 Å². The average Bonchev–Trinajstić information content (AvgIpc) is 3.02. The van der Waals surface area contributed by atoms with E-state index < -0.39 is 0 Å². The molecule has 0 bridgehead atoms. The fraction of sp³-hybridized carbons (Fsp3) is 0.500. The van der Waals surface area contributed by atoms with E-state index in [-0.39, 0.29) is 11.9 Å². The van der Waals surface area contributed by atoms with Gasteiger partial charge in [0.25, 0.3) is 5.91 Å². The van der Waals surface area contributed by atoms with Gasteiger partial charge in [0.15, 0.2) is 5.69 Å². The summed E-state index contributed by atoms with van der Waals surface area (Å²) < 4.78 is 1.89. The van der Waals surface area contributed by atoms with Crippen molar-refractivity contribution in [1.82, 2.24) is 30.6 Å². The summed E-state index contributed by atoms with van der Waals surface area (Å²) in [6, 6.07) is 1.75. The fourth-order valence-corrected chi connectivity index (χ4v) is 2.84. The van der Waals surface area contributed by atoms with E-state index in [4.69, 9.17) is 0 Å². The molecule has 0 aromatic carbocycles. The van der Waals surface area contributed by atoms with Crippen molar-refractivity contribution in [3.8, 4) is 0 Å². The topological polar surface area (TPSA) is 87.6 Å². The van der Waals surface area contributed by atoms with Gasteiger partial charge in [-0.25, -0.2) is 0 Å². The van der Waals surface area contributed by atoms with Crippen LogP contribution in [0.15, 0.2) is 6.07 Å². The van der Waals surface area contributed by atoms with E-state index in [0.29, 0.717) is 5.69 Å². The van der Waals surface area contributed by atoms with Crippen LogP contribution in [-0.4, -0.2) is 32.4 Å². The molecule has 0 fully saturated rings. The van der Waals surface area contributed by atoms with Crippen molar-refractivity contribution < 1.29 is 4.79 Å².